The molecule has 0 aliphatic carbocycles. The molecule has 144 valence electrons. The first-order chi connectivity index (χ1) is 12.2. The van der Waals surface area contributed by atoms with Gasteiger partial charge < -0.3 is 20.1 Å². The smallest absolute Gasteiger partial charge is 0.410 e. The number of ether oxygens (including phenoxy) is 1. The van der Waals surface area contributed by atoms with Crippen LogP contribution < -0.4 is 5.32 Å². The Hall–Kier alpha value is -2.24. The first kappa shape index (κ1) is 20.1. The Morgan fingerprint density at radius 1 is 1.19 bits per heavy atom. The number of piperidine rings is 1. The molecule has 26 heavy (non-hydrogen) atoms. The van der Waals surface area contributed by atoms with Crippen molar-refractivity contribution in [2.24, 2.45) is 5.92 Å². The number of nitrogens with zero attached hydrogens (tertiary/aromatic N) is 1. The molecule has 6 nitrogen and oxygen atoms in total. The molecule has 2 amide bonds. The number of nitrogens with one attached hydrogen (secondary N) is 1. The molecule has 0 aromatic heterocycles. The van der Waals surface area contributed by atoms with E-state index in [2.05, 4.69) is 5.32 Å². The summed E-state index contributed by atoms with van der Waals surface area (Å²) in [5.41, 5.74) is 0.644. The second-order valence-corrected chi connectivity index (χ2v) is 7.80. The van der Waals surface area contributed by atoms with Crippen LogP contribution in [0.5, 0.6) is 5.75 Å². The van der Waals surface area contributed by atoms with Gasteiger partial charge in [0, 0.05) is 25.6 Å². The number of amides is 2. The van der Waals surface area contributed by atoms with Gasteiger partial charge in [-0.05, 0) is 64.2 Å². The van der Waals surface area contributed by atoms with Crippen LogP contribution in [-0.4, -0.2) is 47.2 Å². The third kappa shape index (κ3) is 6.58. The molecule has 1 aromatic rings. The van der Waals surface area contributed by atoms with E-state index in [9.17, 15) is 14.7 Å². The van der Waals surface area contributed by atoms with E-state index in [4.69, 9.17) is 4.74 Å². The van der Waals surface area contributed by atoms with Crippen LogP contribution in [0.3, 0.4) is 0 Å². The minimum atomic E-state index is -0.497. The Morgan fingerprint density at radius 3 is 2.38 bits per heavy atom. The minimum absolute atomic E-state index is 0.0395. The quantitative estimate of drug-likeness (QED) is 0.789. The maximum atomic E-state index is 12.3. The lowest BCUT2D eigenvalue weighted by Gasteiger charge is -2.32. The van der Waals surface area contributed by atoms with Gasteiger partial charge in [0.2, 0.25) is 5.91 Å². The van der Waals surface area contributed by atoms with Gasteiger partial charge in [-0.1, -0.05) is 12.1 Å². The third-order valence-electron chi connectivity index (χ3n) is 4.40. The van der Waals surface area contributed by atoms with E-state index in [1.807, 2.05) is 32.9 Å². The Bertz CT molecular complexity index is 599. The lowest BCUT2D eigenvalue weighted by molar-refractivity contribution is -0.126. The first-order valence-electron chi connectivity index (χ1n) is 9.28. The molecule has 1 aromatic carbocycles. The molecule has 1 saturated heterocycles. The summed E-state index contributed by atoms with van der Waals surface area (Å²) in [5.74, 6) is 0.293. The number of phenols is 1. The minimum Gasteiger partial charge on any atom is -0.508 e. The predicted molar refractivity (Wildman–Crippen MR) is 100.0 cm³/mol. The number of carbonyl (C=O) groups is 2. The number of rotatable bonds is 5. The van der Waals surface area contributed by atoms with Gasteiger partial charge in [-0.25, -0.2) is 4.79 Å². The highest BCUT2D eigenvalue weighted by Crippen LogP contribution is 2.20. The van der Waals surface area contributed by atoms with Crippen molar-refractivity contribution in [2.45, 2.75) is 52.1 Å². The van der Waals surface area contributed by atoms with Gasteiger partial charge in [0.15, 0.2) is 0 Å². The molecule has 1 fully saturated rings. The van der Waals surface area contributed by atoms with Gasteiger partial charge in [0.1, 0.15) is 11.4 Å². The maximum absolute atomic E-state index is 12.3. The second-order valence-electron chi connectivity index (χ2n) is 7.80. The zero-order chi connectivity index (χ0) is 19.2. The summed E-state index contributed by atoms with van der Waals surface area (Å²) >= 11 is 0. The van der Waals surface area contributed by atoms with Crippen LogP contribution in [0.4, 0.5) is 4.79 Å². The number of benzene rings is 1. The fraction of sp³-hybridized carbons (Fsp3) is 0.600. The van der Waals surface area contributed by atoms with Crippen LogP contribution in [-0.2, 0) is 16.0 Å². The van der Waals surface area contributed by atoms with E-state index >= 15 is 0 Å². The van der Waals surface area contributed by atoms with E-state index < -0.39 is 5.60 Å². The number of carbonyl (C=O) groups excluding carboxylic acids is 2. The number of likely N-dealkylation sites (tertiary alicyclic amines) is 1. The van der Waals surface area contributed by atoms with E-state index in [1.165, 1.54) is 0 Å². The molecular formula is C20H30N2O4. The van der Waals surface area contributed by atoms with Crippen molar-refractivity contribution in [3.8, 4) is 5.75 Å². The Balaban J connectivity index is 1.65. The average molecular weight is 362 g/mol. The largest absolute Gasteiger partial charge is 0.508 e. The van der Waals surface area contributed by atoms with Gasteiger partial charge in [0.05, 0.1) is 0 Å². The molecule has 2 rings (SSSR count). The van der Waals surface area contributed by atoms with Crippen LogP contribution in [0.25, 0.3) is 0 Å². The number of aryl methyl sites for hydroxylation is 1. The average Bonchev–Trinajstić information content (AvgIpc) is 2.59. The van der Waals surface area contributed by atoms with E-state index in [0.717, 1.165) is 18.4 Å². The number of phenolic OH excluding ortho intramolecular Hbond substituents is 1. The Kier molecular flexibility index (Phi) is 6.89. The topological polar surface area (TPSA) is 78.9 Å². The van der Waals surface area contributed by atoms with Crippen LogP contribution in [0.15, 0.2) is 24.3 Å². The van der Waals surface area contributed by atoms with E-state index in [1.54, 1.807) is 17.0 Å². The maximum Gasteiger partial charge on any atom is 0.410 e. The van der Waals surface area contributed by atoms with Crippen molar-refractivity contribution < 1.29 is 19.4 Å². The second kappa shape index (κ2) is 8.92. The zero-order valence-electron chi connectivity index (χ0n) is 16.0. The molecule has 0 unspecified atom stereocenters. The lowest BCUT2D eigenvalue weighted by Crippen LogP contribution is -2.45. The molecule has 1 aliphatic heterocycles. The summed E-state index contributed by atoms with van der Waals surface area (Å²) in [6, 6.07) is 7.13. The molecule has 6 heteroatoms. The van der Waals surface area contributed by atoms with Crippen molar-refractivity contribution >= 4 is 12.0 Å². The van der Waals surface area contributed by atoms with Crippen LogP contribution in [0.2, 0.25) is 0 Å². The molecule has 0 radical (unpaired) electrons. The summed E-state index contributed by atoms with van der Waals surface area (Å²) in [6.45, 7) is 7.29. The fourth-order valence-corrected chi connectivity index (χ4v) is 2.96. The van der Waals surface area contributed by atoms with Crippen molar-refractivity contribution in [2.75, 3.05) is 19.6 Å². The van der Waals surface area contributed by atoms with E-state index in [-0.39, 0.29) is 23.7 Å². The summed E-state index contributed by atoms with van der Waals surface area (Å²) in [6.07, 6.45) is 2.75. The van der Waals surface area contributed by atoms with Crippen molar-refractivity contribution in [3.05, 3.63) is 29.8 Å². The Morgan fingerprint density at radius 2 is 1.81 bits per heavy atom. The monoisotopic (exact) mass is 362 g/mol. The highest BCUT2D eigenvalue weighted by atomic mass is 16.6. The van der Waals surface area contributed by atoms with Gasteiger partial charge >= 0.3 is 6.09 Å². The van der Waals surface area contributed by atoms with Gasteiger partial charge in [-0.2, -0.15) is 0 Å². The normalized spacial score (nSPS) is 15.6. The highest BCUT2D eigenvalue weighted by molar-refractivity contribution is 5.79. The van der Waals surface area contributed by atoms with Crippen molar-refractivity contribution in [1.82, 2.24) is 10.2 Å². The summed E-state index contributed by atoms with van der Waals surface area (Å²) in [5, 5.41) is 12.3. The SMILES string of the molecule is CC(C)(C)OC(=O)N1CCC(C(=O)NCCCc2ccc(O)cc2)CC1. The molecule has 2 N–H and O–H groups in total. The molecule has 0 spiro atoms. The van der Waals surface area contributed by atoms with Crippen molar-refractivity contribution in [3.63, 3.8) is 0 Å². The van der Waals surface area contributed by atoms with Gasteiger partial charge in [-0.3, -0.25) is 4.79 Å². The van der Waals surface area contributed by atoms with Gasteiger partial charge in [-0.15, -0.1) is 0 Å². The summed E-state index contributed by atoms with van der Waals surface area (Å²) in [4.78, 5) is 26.0. The van der Waals surface area contributed by atoms with Gasteiger partial charge in [0.25, 0.3) is 0 Å². The molecule has 0 bridgehead atoms. The number of hydrogen-bond donors (Lipinski definition) is 2. The van der Waals surface area contributed by atoms with Crippen LogP contribution in [0.1, 0.15) is 45.6 Å². The molecule has 0 atom stereocenters. The third-order valence-corrected chi connectivity index (χ3v) is 4.40. The Labute approximate surface area is 155 Å². The molecule has 1 aliphatic rings. The molecule has 1 heterocycles. The van der Waals surface area contributed by atoms with Crippen molar-refractivity contribution in [1.29, 1.82) is 0 Å². The molecule has 0 saturated carbocycles. The predicted octanol–water partition coefficient (Wildman–Crippen LogP) is 3.09. The zero-order valence-corrected chi connectivity index (χ0v) is 16.0. The first-order valence-corrected chi connectivity index (χ1v) is 9.28. The standard InChI is InChI=1S/C20H30N2O4/c1-20(2,3)26-19(25)22-13-10-16(11-14-22)18(24)21-12-4-5-15-6-8-17(23)9-7-15/h6-9,16,23H,4-5,10-14H2,1-3H3,(H,21,24). The van der Waals surface area contributed by atoms with Crippen LogP contribution in [0, 0.1) is 5.92 Å². The van der Waals surface area contributed by atoms with E-state index in [0.29, 0.717) is 32.5 Å². The lowest BCUT2D eigenvalue weighted by atomic mass is 9.96. The number of aromatic hydroxyl groups is 1. The van der Waals surface area contributed by atoms with Crippen LogP contribution >= 0.6 is 0 Å². The summed E-state index contributed by atoms with van der Waals surface area (Å²) < 4.78 is 5.37. The molecular weight excluding hydrogens is 332 g/mol. The number of hydrogen-bond acceptors (Lipinski definition) is 4. The highest BCUT2D eigenvalue weighted by Gasteiger charge is 2.29. The summed E-state index contributed by atoms with van der Waals surface area (Å²) in [7, 11) is 0. The fourth-order valence-electron chi connectivity index (χ4n) is 2.96.